The van der Waals surface area contributed by atoms with Gasteiger partial charge in [0.05, 0.1) is 20.7 Å². The number of hydrogen-bond donors (Lipinski definition) is 1. The predicted octanol–water partition coefficient (Wildman–Crippen LogP) is 1.23. The van der Waals surface area contributed by atoms with Gasteiger partial charge in [0.15, 0.2) is 0 Å². The average molecular weight is 407 g/mol. The molecule has 1 N–H and O–H groups in total. The molecule has 0 aliphatic rings. The first kappa shape index (κ1) is 21.8. The fourth-order valence-electron chi connectivity index (χ4n) is 2.09. The van der Waals surface area contributed by atoms with Crippen LogP contribution in [0.25, 0.3) is 0 Å². The minimum absolute atomic E-state index is 0.0380. The smallest absolute Gasteiger partial charge is 0.325 e. The van der Waals surface area contributed by atoms with E-state index in [9.17, 15) is 18.0 Å². The molecule has 0 radical (unpaired) electrons. The summed E-state index contributed by atoms with van der Waals surface area (Å²) in [6, 6.07) is 1.65. The number of esters is 1. The number of rotatable bonds is 8. The molecule has 1 heterocycles. The Labute approximate surface area is 154 Å². The van der Waals surface area contributed by atoms with E-state index in [1.54, 1.807) is 19.9 Å². The van der Waals surface area contributed by atoms with Crippen molar-refractivity contribution in [2.45, 2.75) is 37.7 Å². The number of nitrogens with one attached hydrogen (secondary N) is 1. The number of hydrogen-bond acceptors (Lipinski definition) is 6. The van der Waals surface area contributed by atoms with Gasteiger partial charge in [-0.05, 0) is 10.6 Å². The Hall–Kier alpha value is -1.23. The summed E-state index contributed by atoms with van der Waals surface area (Å²) in [5.74, 6) is -1.18. The Morgan fingerprint density at radius 2 is 1.80 bits per heavy atom. The van der Waals surface area contributed by atoms with E-state index < -0.39 is 30.0 Å². The zero-order valence-electron chi connectivity index (χ0n) is 15.5. The minimum Gasteiger partial charge on any atom is -0.468 e. The molecule has 0 saturated heterocycles. The Kier molecular flexibility index (Phi) is 7.36. The Morgan fingerprint density at radius 1 is 1.24 bits per heavy atom. The van der Waals surface area contributed by atoms with Crippen molar-refractivity contribution in [1.29, 1.82) is 0 Å². The van der Waals surface area contributed by atoms with Crippen LogP contribution in [-0.4, -0.2) is 59.4 Å². The first-order valence-corrected chi connectivity index (χ1v) is 13.7. The van der Waals surface area contributed by atoms with E-state index in [0.717, 1.165) is 15.8 Å². The summed E-state index contributed by atoms with van der Waals surface area (Å²) in [6.07, 6.45) is 0. The lowest BCUT2D eigenvalue weighted by atomic mass is 10.3. The molecule has 7 nitrogen and oxygen atoms in total. The number of ether oxygens (including phenoxy) is 1. The van der Waals surface area contributed by atoms with Crippen LogP contribution in [-0.2, 0) is 19.6 Å². The van der Waals surface area contributed by atoms with Crippen molar-refractivity contribution >= 4 is 45.8 Å². The lowest BCUT2D eigenvalue weighted by Gasteiger charge is -2.18. The van der Waals surface area contributed by atoms with E-state index in [-0.39, 0.29) is 16.3 Å². The number of methoxy groups -OCH3 is 1. The summed E-state index contributed by atoms with van der Waals surface area (Å²) < 4.78 is 32.6. The van der Waals surface area contributed by atoms with Crippen molar-refractivity contribution in [3.8, 4) is 0 Å². The Bertz CT molecular complexity index is 734. The molecule has 0 aliphatic heterocycles. The van der Waals surface area contributed by atoms with Crippen LogP contribution < -0.4 is 9.82 Å². The van der Waals surface area contributed by atoms with Crippen LogP contribution in [0.3, 0.4) is 0 Å². The third kappa shape index (κ3) is 5.13. The quantitative estimate of drug-likeness (QED) is 0.518. The van der Waals surface area contributed by atoms with Crippen molar-refractivity contribution in [3.05, 3.63) is 11.6 Å². The lowest BCUT2D eigenvalue weighted by Crippen LogP contribution is -2.35. The van der Waals surface area contributed by atoms with Crippen molar-refractivity contribution in [2.24, 2.45) is 0 Å². The summed E-state index contributed by atoms with van der Waals surface area (Å²) in [4.78, 5) is 23.7. The lowest BCUT2D eigenvalue weighted by molar-refractivity contribution is -0.139. The van der Waals surface area contributed by atoms with Gasteiger partial charge in [-0.15, -0.1) is 11.3 Å². The van der Waals surface area contributed by atoms with Gasteiger partial charge in [-0.2, -0.15) is 4.31 Å². The molecule has 1 rings (SSSR count). The normalized spacial score (nSPS) is 12.3. The number of carbonyl (C=O) groups excluding carboxylic acids is 2. The van der Waals surface area contributed by atoms with Crippen LogP contribution in [0.4, 0.5) is 0 Å². The molecule has 0 fully saturated rings. The van der Waals surface area contributed by atoms with E-state index in [1.165, 1.54) is 11.4 Å². The summed E-state index contributed by atoms with van der Waals surface area (Å²) >= 11 is 1.16. The molecular weight excluding hydrogens is 380 g/mol. The Balaban J connectivity index is 3.38. The zero-order valence-corrected chi connectivity index (χ0v) is 18.1. The van der Waals surface area contributed by atoms with Gasteiger partial charge in [-0.25, -0.2) is 8.42 Å². The van der Waals surface area contributed by atoms with Gasteiger partial charge in [0.2, 0.25) is 0 Å². The van der Waals surface area contributed by atoms with Crippen LogP contribution >= 0.6 is 11.3 Å². The molecule has 0 aromatic carbocycles. The molecule has 0 aliphatic carbocycles. The molecule has 1 aromatic heterocycles. The second-order valence-electron chi connectivity index (χ2n) is 6.41. The van der Waals surface area contributed by atoms with E-state index in [4.69, 9.17) is 0 Å². The van der Waals surface area contributed by atoms with Crippen molar-refractivity contribution in [3.63, 3.8) is 0 Å². The largest absolute Gasteiger partial charge is 0.468 e. The summed E-state index contributed by atoms with van der Waals surface area (Å²) in [7, 11) is -4.35. The maximum atomic E-state index is 12.9. The second-order valence-corrected chi connectivity index (χ2v) is 15.0. The fourth-order valence-corrected chi connectivity index (χ4v) is 7.41. The molecule has 25 heavy (non-hydrogen) atoms. The van der Waals surface area contributed by atoms with Crippen LogP contribution in [0.1, 0.15) is 24.2 Å². The molecule has 0 spiro atoms. The average Bonchev–Trinajstić information content (AvgIpc) is 2.99. The molecule has 1 aromatic rings. The number of sulfonamides is 1. The van der Waals surface area contributed by atoms with Crippen molar-refractivity contribution in [1.82, 2.24) is 9.62 Å². The first-order chi connectivity index (χ1) is 11.5. The highest BCUT2D eigenvalue weighted by Crippen LogP contribution is 2.27. The van der Waals surface area contributed by atoms with Gasteiger partial charge in [0.25, 0.3) is 15.9 Å². The SMILES string of the molecule is CCN(CC)S(=O)(=O)c1sc([Si](C)(C)C)cc1C(=O)NCC(=O)OC. The van der Waals surface area contributed by atoms with E-state index in [0.29, 0.717) is 13.1 Å². The van der Waals surface area contributed by atoms with Crippen molar-refractivity contribution in [2.75, 3.05) is 26.7 Å². The maximum absolute atomic E-state index is 12.9. The highest BCUT2D eigenvalue weighted by molar-refractivity contribution is 7.91. The van der Waals surface area contributed by atoms with E-state index in [1.807, 2.05) is 0 Å². The van der Waals surface area contributed by atoms with Gasteiger partial charge in [-0.3, -0.25) is 9.59 Å². The van der Waals surface area contributed by atoms with Gasteiger partial charge >= 0.3 is 5.97 Å². The van der Waals surface area contributed by atoms with Crippen LogP contribution in [0.15, 0.2) is 10.3 Å². The van der Waals surface area contributed by atoms with E-state index >= 15 is 0 Å². The maximum Gasteiger partial charge on any atom is 0.325 e. The zero-order chi connectivity index (χ0) is 19.4. The number of thiophene rings is 1. The van der Waals surface area contributed by atoms with Gasteiger partial charge in [-0.1, -0.05) is 33.5 Å². The highest BCUT2D eigenvalue weighted by atomic mass is 32.2. The summed E-state index contributed by atoms with van der Waals surface area (Å²) in [5, 5.41) is 2.43. The summed E-state index contributed by atoms with van der Waals surface area (Å²) in [5.41, 5.74) is 0.0956. The predicted molar refractivity (Wildman–Crippen MR) is 102 cm³/mol. The highest BCUT2D eigenvalue weighted by Gasteiger charge is 2.33. The van der Waals surface area contributed by atoms with Crippen LogP contribution in [0.5, 0.6) is 0 Å². The second kappa shape index (κ2) is 8.43. The monoisotopic (exact) mass is 406 g/mol. The van der Waals surface area contributed by atoms with Crippen LogP contribution in [0.2, 0.25) is 19.6 Å². The van der Waals surface area contributed by atoms with Crippen LogP contribution in [0, 0.1) is 0 Å². The molecule has 142 valence electrons. The molecule has 0 saturated carbocycles. The van der Waals surface area contributed by atoms with E-state index in [2.05, 4.69) is 29.7 Å². The molecule has 0 bridgehead atoms. The van der Waals surface area contributed by atoms with Gasteiger partial charge in [0.1, 0.15) is 10.8 Å². The summed E-state index contributed by atoms with van der Waals surface area (Å²) in [6.45, 7) is 10.1. The third-order valence-corrected chi connectivity index (χ3v) is 10.9. The van der Waals surface area contributed by atoms with Gasteiger partial charge in [0, 0.05) is 13.1 Å². The number of nitrogens with zero attached hydrogens (tertiary/aromatic N) is 1. The molecule has 10 heteroatoms. The number of carbonyl (C=O) groups is 2. The fraction of sp³-hybridized carbons (Fsp3) is 0.600. The molecule has 1 amide bonds. The van der Waals surface area contributed by atoms with Crippen molar-refractivity contribution < 1.29 is 22.7 Å². The molecular formula is C15H26N2O5S2Si. The first-order valence-electron chi connectivity index (χ1n) is 7.98. The topological polar surface area (TPSA) is 92.8 Å². The van der Waals surface area contributed by atoms with Gasteiger partial charge < -0.3 is 10.1 Å². The minimum atomic E-state index is -3.76. The Morgan fingerprint density at radius 3 is 2.24 bits per heavy atom. The number of amides is 1. The molecule has 0 atom stereocenters. The third-order valence-electron chi connectivity index (χ3n) is 3.58. The molecule has 0 unspecified atom stereocenters. The standard InChI is InChI=1S/C15H26N2O5S2Si/c1-7-17(8-2)24(20,21)15-11(9-13(23-15)25(4,5)6)14(19)16-10-12(18)22-3/h9H,7-8,10H2,1-6H3,(H,16,19).